The van der Waals surface area contributed by atoms with Crippen molar-refractivity contribution in [1.29, 1.82) is 0 Å². The van der Waals surface area contributed by atoms with Gasteiger partial charge in [0, 0.05) is 78.2 Å². The molecular weight excluding hydrogens is 573 g/mol. The first-order valence-corrected chi connectivity index (χ1v) is 57.8. The molecule has 0 N–H and O–H groups in total. The van der Waals surface area contributed by atoms with E-state index >= 15 is 0 Å². The van der Waals surface area contributed by atoms with Crippen LogP contribution in [-0.4, -0.2) is 78.2 Å². The van der Waals surface area contributed by atoms with Crippen LogP contribution in [0.15, 0.2) is 0 Å². The van der Waals surface area contributed by atoms with Crippen LogP contribution in [0.1, 0.15) is 0 Å². The van der Waals surface area contributed by atoms with E-state index in [1.165, 1.54) is 0 Å². The maximum atomic E-state index is 3.27. The molecule has 0 bridgehead atoms. The Kier molecular flexibility index (Phi) is 8.30. The molecule has 0 amide bonds. The lowest BCUT2D eigenvalue weighted by Gasteiger charge is -2.96. The average Bonchev–Trinajstić information content (AvgIpc) is 2.33. The van der Waals surface area contributed by atoms with E-state index in [9.17, 15) is 0 Å². The molecule has 0 aromatic carbocycles. The van der Waals surface area contributed by atoms with Gasteiger partial charge in [0.05, 0.1) is 0 Å². The number of hydrogen-bond acceptors (Lipinski definition) is 0. The molecule has 1 saturated heterocycles. The lowest BCUT2D eigenvalue weighted by atomic mass is 11.8. The van der Waals surface area contributed by atoms with Gasteiger partial charge in [0.25, 0.3) is 0 Å². The van der Waals surface area contributed by atoms with Crippen molar-refractivity contribution in [2.45, 2.75) is 144 Å². The van der Waals surface area contributed by atoms with Crippen molar-refractivity contribution < 1.29 is 0 Å². The van der Waals surface area contributed by atoms with E-state index in [1.807, 2.05) is 0 Å². The van der Waals surface area contributed by atoms with Gasteiger partial charge in [-0.3, -0.25) is 0 Å². The third-order valence-corrected chi connectivity index (χ3v) is 381. The molecule has 1 rings (SSSR count). The average molecular weight is 640 g/mol. The van der Waals surface area contributed by atoms with Crippen LogP contribution in [0, 0.1) is 0 Å². The van der Waals surface area contributed by atoms with Crippen molar-refractivity contribution in [3.05, 3.63) is 0 Å². The summed E-state index contributed by atoms with van der Waals surface area (Å²) in [4.78, 5) is 0. The minimum Gasteiger partial charge on any atom is -0.0758 e. The van der Waals surface area contributed by atoms with Crippen molar-refractivity contribution in [3.63, 3.8) is 0 Å². The smallest absolute Gasteiger partial charge is 0.0319 e. The monoisotopic (exact) mass is 638 g/mol. The number of rotatable bonds is 7. The summed E-state index contributed by atoms with van der Waals surface area (Å²) in [6.07, 6.45) is -4.13. The summed E-state index contributed by atoms with van der Waals surface area (Å²) in [5.41, 5.74) is 0. The van der Waals surface area contributed by atoms with E-state index < -0.39 is 78.2 Å². The van der Waals surface area contributed by atoms with Crippen LogP contribution in [-0.2, 0) is 0 Å². The summed E-state index contributed by atoms with van der Waals surface area (Å²) in [6.45, 7) is 64.9. The summed E-state index contributed by atoms with van der Waals surface area (Å²) < 4.78 is 0. The van der Waals surface area contributed by atoms with Gasteiger partial charge in [-0.1, -0.05) is 144 Å². The van der Waals surface area contributed by atoms with Crippen LogP contribution in [0.2, 0.25) is 144 Å². The lowest BCUT2D eigenvalue weighted by Crippen LogP contribution is -3.30. The van der Waals surface area contributed by atoms with Crippen molar-refractivity contribution in [2.75, 3.05) is 0 Å². The Morgan fingerprint density at radius 1 is 0.242 bits per heavy atom. The molecular formula is C22H66Si11. The van der Waals surface area contributed by atoms with E-state index in [-0.39, 0.29) is 0 Å². The zero-order chi connectivity index (χ0) is 27.5. The van der Waals surface area contributed by atoms with E-state index in [0.717, 1.165) is 0 Å². The third-order valence-electron chi connectivity index (χ3n) is 10.9. The minimum absolute atomic E-state index is 1.27. The fourth-order valence-corrected chi connectivity index (χ4v) is 942. The number of hydrogen-bond donors (Lipinski definition) is 0. The quantitative estimate of drug-likeness (QED) is 0.245. The molecule has 33 heavy (non-hydrogen) atoms. The normalized spacial score (nSPS) is 23.8. The van der Waals surface area contributed by atoms with E-state index in [4.69, 9.17) is 0 Å². The zero-order valence-electron chi connectivity index (χ0n) is 27.5. The van der Waals surface area contributed by atoms with Gasteiger partial charge in [0.15, 0.2) is 0 Å². The predicted molar refractivity (Wildman–Crippen MR) is 192 cm³/mol. The third kappa shape index (κ3) is 3.51. The van der Waals surface area contributed by atoms with Gasteiger partial charge in [-0.2, -0.15) is 0 Å². The lowest BCUT2D eigenvalue weighted by molar-refractivity contribution is 1.71. The summed E-state index contributed by atoms with van der Waals surface area (Å²) >= 11 is 0. The highest BCUT2D eigenvalue weighted by Gasteiger charge is 3.01. The molecule has 1 aliphatic heterocycles. The van der Waals surface area contributed by atoms with Crippen LogP contribution >= 0.6 is 0 Å². The van der Waals surface area contributed by atoms with Crippen LogP contribution in [0.25, 0.3) is 0 Å². The Bertz CT molecular complexity index is 670. The fourth-order valence-electron chi connectivity index (χ4n) is 13.2. The fraction of sp³-hybridized carbons (Fsp3) is 1.00. The molecule has 198 valence electrons. The van der Waals surface area contributed by atoms with Gasteiger partial charge < -0.3 is 0 Å². The van der Waals surface area contributed by atoms with Gasteiger partial charge in [-0.15, -0.1) is 0 Å². The molecule has 1 fully saturated rings. The Balaban J connectivity index is 5.02. The largest absolute Gasteiger partial charge is 0.0758 e. The standard InChI is InChI=1S/C22H66Si11/c1-23(2,3)30(22)31(24(4,5)6,25(7,8)9)33(28(16,17)18,29(19,20)21)32(30,26(10,11)12)27(13,14)15/h1-22H3. The van der Waals surface area contributed by atoms with Crippen molar-refractivity contribution >= 4 is 78.2 Å². The molecule has 0 saturated carbocycles. The van der Waals surface area contributed by atoms with Crippen molar-refractivity contribution in [3.8, 4) is 0 Å². The molecule has 0 radical (unpaired) electrons. The second-order valence-electron chi connectivity index (χ2n) is 19.1. The summed E-state index contributed by atoms with van der Waals surface area (Å²) in [5.74, 6) is 0. The van der Waals surface area contributed by atoms with Gasteiger partial charge in [-0.25, -0.2) is 0 Å². The summed E-state index contributed by atoms with van der Waals surface area (Å²) in [7, 11) is -9.10. The van der Waals surface area contributed by atoms with Gasteiger partial charge >= 0.3 is 0 Å². The second kappa shape index (κ2) is 8.20. The molecule has 0 aliphatic carbocycles. The van der Waals surface area contributed by atoms with E-state index in [2.05, 4.69) is 144 Å². The molecule has 0 atom stereocenters. The topological polar surface area (TPSA) is 0 Å². The van der Waals surface area contributed by atoms with Gasteiger partial charge in [0.1, 0.15) is 0 Å². The van der Waals surface area contributed by atoms with Crippen LogP contribution in [0.4, 0.5) is 0 Å². The molecule has 1 heterocycles. The SMILES string of the molecule is C[Si](C)(C)[Si]1(C)[Si]([Si](C)(C)C)([Si](C)(C)C)[Si]([Si](C)(C)C)([Si](C)(C)C)[Si]1([Si](C)(C)C)[Si](C)(C)C. The molecule has 0 nitrogen and oxygen atoms in total. The van der Waals surface area contributed by atoms with E-state index in [0.29, 0.717) is 0 Å². The first-order valence-electron chi connectivity index (χ1n) is 13.8. The van der Waals surface area contributed by atoms with Crippen molar-refractivity contribution in [1.82, 2.24) is 0 Å². The Morgan fingerprint density at radius 2 is 0.394 bits per heavy atom. The molecule has 0 spiro atoms. The molecule has 0 unspecified atom stereocenters. The molecule has 1 aliphatic rings. The Hall–Kier alpha value is 2.39. The molecule has 11 heteroatoms. The van der Waals surface area contributed by atoms with Crippen LogP contribution in [0.3, 0.4) is 0 Å². The maximum absolute atomic E-state index is 3.27. The highest BCUT2D eigenvalue weighted by atomic mass is 30.8. The molecule has 0 aromatic rings. The Morgan fingerprint density at radius 3 is 0.485 bits per heavy atom. The first-order chi connectivity index (χ1) is 13.8. The maximum Gasteiger partial charge on any atom is 0.0319 e. The molecule has 0 aromatic heterocycles. The minimum atomic E-state index is -1.39. The highest BCUT2D eigenvalue weighted by Crippen LogP contribution is 2.69. The van der Waals surface area contributed by atoms with Crippen LogP contribution in [0.5, 0.6) is 0 Å². The zero-order valence-corrected chi connectivity index (χ0v) is 38.5. The van der Waals surface area contributed by atoms with Gasteiger partial charge in [-0.05, 0) is 0 Å². The first kappa shape index (κ1) is 33.4. The summed E-state index contributed by atoms with van der Waals surface area (Å²) in [5, 5.41) is 0. The Labute approximate surface area is 220 Å². The van der Waals surface area contributed by atoms with Crippen LogP contribution < -0.4 is 0 Å². The van der Waals surface area contributed by atoms with Crippen molar-refractivity contribution in [2.24, 2.45) is 0 Å². The highest BCUT2D eigenvalue weighted by molar-refractivity contribution is 8.57. The predicted octanol–water partition coefficient (Wildman–Crippen LogP) is 8.65. The summed E-state index contributed by atoms with van der Waals surface area (Å²) in [6, 6.07) is 0. The van der Waals surface area contributed by atoms with E-state index in [1.54, 1.807) is 0 Å². The second-order valence-corrected chi connectivity index (χ2v) is 156. The van der Waals surface area contributed by atoms with Gasteiger partial charge in [0.2, 0.25) is 0 Å².